The van der Waals surface area contributed by atoms with Crippen molar-refractivity contribution in [3.8, 4) is 0 Å². The van der Waals surface area contributed by atoms with E-state index < -0.39 is 71.7 Å². The number of aromatic carboxylic acids is 1. The van der Waals surface area contributed by atoms with Crippen LogP contribution in [0.1, 0.15) is 60.4 Å². The number of hydrogen-bond acceptors (Lipinski definition) is 8. The summed E-state index contributed by atoms with van der Waals surface area (Å²) in [5.41, 5.74) is 7.14. The number of carboxylic acids is 1. The number of aliphatic hydroxyl groups is 1. The molecule has 5 atom stereocenters. The molecule has 10 N–H and O–H groups in total. The zero-order chi connectivity index (χ0) is 37.7. The van der Waals surface area contributed by atoms with Gasteiger partial charge in [0, 0.05) is 24.6 Å². The highest BCUT2D eigenvalue weighted by Gasteiger charge is 2.34. The van der Waals surface area contributed by atoms with E-state index in [1.54, 1.807) is 56.4 Å². The van der Waals surface area contributed by atoms with Gasteiger partial charge in [0.2, 0.25) is 17.7 Å². The molecule has 1 aromatic heterocycles. The topological polar surface area (TPSA) is 245 Å². The molecule has 0 aliphatic rings. The maximum absolute atomic E-state index is 13.8. The number of aromatic nitrogens is 1. The third kappa shape index (κ3) is 12.4. The highest BCUT2D eigenvalue weighted by atomic mass is 16.4. The van der Waals surface area contributed by atoms with Crippen LogP contribution in [0.5, 0.6) is 0 Å². The van der Waals surface area contributed by atoms with E-state index >= 15 is 0 Å². The second-order valence-electron chi connectivity index (χ2n) is 13.0. The van der Waals surface area contributed by atoms with Gasteiger partial charge in [-0.15, -0.1) is 0 Å². The van der Waals surface area contributed by atoms with Gasteiger partial charge in [-0.1, -0.05) is 64.1 Å². The molecule has 0 fully saturated rings. The van der Waals surface area contributed by atoms with Crippen molar-refractivity contribution in [2.24, 2.45) is 17.6 Å². The van der Waals surface area contributed by atoms with E-state index in [1.807, 2.05) is 13.8 Å². The summed E-state index contributed by atoms with van der Waals surface area (Å²) < 4.78 is 0. The second-order valence-corrected chi connectivity index (χ2v) is 13.0. The Morgan fingerprint density at radius 2 is 1.51 bits per heavy atom. The Hall–Kier alpha value is -5.54. The van der Waals surface area contributed by atoms with Crippen molar-refractivity contribution in [1.29, 1.82) is 0 Å². The van der Waals surface area contributed by atoms with Crippen LogP contribution in [0.3, 0.4) is 0 Å². The fraction of sp³-hybridized carbons (Fsp3) is 0.389. The van der Waals surface area contributed by atoms with Gasteiger partial charge >= 0.3 is 5.97 Å². The summed E-state index contributed by atoms with van der Waals surface area (Å²) in [5.74, 6) is -5.02. The van der Waals surface area contributed by atoms with E-state index in [0.717, 1.165) is 0 Å². The molecular weight excluding hydrogens is 658 g/mol. The number of carbonyl (C=O) groups is 6. The average Bonchev–Trinajstić information content (AvgIpc) is 3.64. The highest BCUT2D eigenvalue weighted by Crippen LogP contribution is 2.15. The quantitative estimate of drug-likeness (QED) is 0.0921. The summed E-state index contributed by atoms with van der Waals surface area (Å²) in [7, 11) is 0. The van der Waals surface area contributed by atoms with Crippen LogP contribution in [-0.2, 0) is 25.6 Å². The summed E-state index contributed by atoms with van der Waals surface area (Å²) in [5, 5.41) is 33.6. The van der Waals surface area contributed by atoms with Crippen LogP contribution in [0.4, 0.5) is 5.69 Å². The van der Waals surface area contributed by atoms with Crippen molar-refractivity contribution in [2.75, 3.05) is 11.9 Å². The molecule has 0 bridgehead atoms. The molecule has 51 heavy (non-hydrogen) atoms. The van der Waals surface area contributed by atoms with Gasteiger partial charge in [-0.25, -0.2) is 4.79 Å². The minimum absolute atomic E-state index is 0.0435. The Labute approximate surface area is 296 Å². The fourth-order valence-electron chi connectivity index (χ4n) is 5.14. The minimum Gasteiger partial charge on any atom is -0.478 e. The van der Waals surface area contributed by atoms with Gasteiger partial charge < -0.3 is 47.5 Å². The lowest BCUT2D eigenvalue weighted by Gasteiger charge is -2.29. The Kier molecular flexibility index (Phi) is 14.9. The lowest BCUT2D eigenvalue weighted by molar-refractivity contribution is -0.134. The van der Waals surface area contributed by atoms with E-state index in [1.165, 1.54) is 30.5 Å². The first-order valence-electron chi connectivity index (χ1n) is 16.6. The molecular formula is C36H47N7O8. The number of rotatable bonds is 18. The van der Waals surface area contributed by atoms with Crippen LogP contribution in [0.15, 0.2) is 73.1 Å². The maximum atomic E-state index is 13.8. The first-order chi connectivity index (χ1) is 24.2. The van der Waals surface area contributed by atoms with Crippen molar-refractivity contribution < 1.29 is 39.0 Å². The third-order valence-electron chi connectivity index (χ3n) is 7.92. The molecule has 274 valence electrons. The number of carboxylic acid groups (broad SMARTS) is 1. The molecule has 0 radical (unpaired) electrons. The van der Waals surface area contributed by atoms with Crippen LogP contribution in [0, 0.1) is 11.8 Å². The number of benzene rings is 2. The van der Waals surface area contributed by atoms with E-state index in [2.05, 4.69) is 31.6 Å². The first-order valence-corrected chi connectivity index (χ1v) is 16.6. The van der Waals surface area contributed by atoms with Crippen LogP contribution in [0.25, 0.3) is 0 Å². The molecule has 2 aromatic carbocycles. The Balaban J connectivity index is 1.74. The predicted octanol–water partition coefficient (Wildman–Crippen LogP) is 1.17. The standard InChI is InChI=1S/C36H47N7O8/c1-20(2)15-28(42-34(48)29(21(3)4)43-32(46)26(37)19-39-31(45)24-13-14-38-18-24)33(47)41-27(16-22-9-6-5-7-10-22)30(44)35(49)40-25-12-8-11-23(17-25)36(50)51/h5-14,17-18,20-21,26-30,38,44H,15-16,19,37H2,1-4H3,(H,39,45)(H,40,49)(H,41,47)(H,42,48)(H,43,46)(H,50,51)/t26-,27-,28-,29-,30+/m0/s1. The molecule has 3 aromatic rings. The number of aliphatic hydroxyl groups excluding tert-OH is 1. The third-order valence-corrected chi connectivity index (χ3v) is 7.92. The van der Waals surface area contributed by atoms with Gasteiger partial charge in [0.15, 0.2) is 6.10 Å². The summed E-state index contributed by atoms with van der Waals surface area (Å²) in [6.07, 6.45) is 1.52. The summed E-state index contributed by atoms with van der Waals surface area (Å²) in [6.45, 7) is 6.93. The molecule has 0 unspecified atom stereocenters. The molecule has 15 nitrogen and oxygen atoms in total. The lowest BCUT2D eigenvalue weighted by Crippen LogP contribution is -2.60. The van der Waals surface area contributed by atoms with Crippen LogP contribution >= 0.6 is 0 Å². The minimum atomic E-state index is -1.78. The maximum Gasteiger partial charge on any atom is 0.335 e. The van der Waals surface area contributed by atoms with Crippen molar-refractivity contribution in [3.63, 3.8) is 0 Å². The van der Waals surface area contributed by atoms with Crippen LogP contribution in [-0.4, -0.2) is 87.5 Å². The van der Waals surface area contributed by atoms with Crippen molar-refractivity contribution in [3.05, 3.63) is 89.7 Å². The van der Waals surface area contributed by atoms with Gasteiger partial charge in [0.25, 0.3) is 11.8 Å². The van der Waals surface area contributed by atoms with Gasteiger partial charge in [-0.3, -0.25) is 24.0 Å². The zero-order valence-corrected chi connectivity index (χ0v) is 29.0. The number of carbonyl (C=O) groups excluding carboxylic acids is 5. The highest BCUT2D eigenvalue weighted by molar-refractivity contribution is 5.98. The van der Waals surface area contributed by atoms with Gasteiger partial charge in [0.1, 0.15) is 18.1 Å². The monoisotopic (exact) mass is 705 g/mol. The molecule has 3 rings (SSSR count). The number of hydrogen-bond donors (Lipinski definition) is 9. The molecule has 5 amide bonds. The van der Waals surface area contributed by atoms with Crippen molar-refractivity contribution in [1.82, 2.24) is 26.3 Å². The number of nitrogens with two attached hydrogens (primary N) is 1. The van der Waals surface area contributed by atoms with Crippen molar-refractivity contribution >= 4 is 41.2 Å². The number of aromatic amines is 1. The summed E-state index contributed by atoms with van der Waals surface area (Å²) in [6, 6.07) is 11.4. The van der Waals surface area contributed by atoms with Gasteiger partial charge in [-0.2, -0.15) is 0 Å². The van der Waals surface area contributed by atoms with Gasteiger partial charge in [0.05, 0.1) is 17.2 Å². The molecule has 15 heteroatoms. The molecule has 0 aliphatic carbocycles. The smallest absolute Gasteiger partial charge is 0.335 e. The van der Waals surface area contributed by atoms with Crippen molar-refractivity contribution in [2.45, 2.75) is 70.8 Å². The Morgan fingerprint density at radius 3 is 2.12 bits per heavy atom. The summed E-state index contributed by atoms with van der Waals surface area (Å²) in [4.78, 5) is 79.9. The van der Waals surface area contributed by atoms with Gasteiger partial charge in [-0.05, 0) is 54.5 Å². The molecule has 0 spiro atoms. The number of nitrogens with one attached hydrogen (secondary N) is 6. The number of H-pyrrole nitrogens is 1. The SMILES string of the molecule is CC(C)C[C@H](NC(=O)[C@@H](NC(=O)[C@@H](N)CNC(=O)c1cc[nH]c1)C(C)C)C(=O)N[C@@H](Cc1ccccc1)[C@@H](O)C(=O)Nc1cccc(C(=O)O)c1. The van der Waals surface area contributed by atoms with Crippen LogP contribution in [0.2, 0.25) is 0 Å². The normalized spacial score (nSPS) is 14.0. The lowest BCUT2D eigenvalue weighted by atomic mass is 9.97. The van der Waals surface area contributed by atoms with E-state index in [9.17, 15) is 39.0 Å². The molecule has 0 saturated carbocycles. The Morgan fingerprint density at radius 1 is 0.804 bits per heavy atom. The molecule has 0 saturated heterocycles. The molecule has 0 aliphatic heterocycles. The summed E-state index contributed by atoms with van der Waals surface area (Å²) >= 11 is 0. The second kappa shape index (κ2) is 19.0. The molecule has 1 heterocycles. The van der Waals surface area contributed by atoms with Crippen LogP contribution < -0.4 is 32.3 Å². The number of anilines is 1. The van der Waals surface area contributed by atoms with E-state index in [4.69, 9.17) is 5.73 Å². The van der Waals surface area contributed by atoms with E-state index in [0.29, 0.717) is 11.1 Å². The predicted molar refractivity (Wildman–Crippen MR) is 189 cm³/mol. The zero-order valence-electron chi connectivity index (χ0n) is 29.0. The Bertz CT molecular complexity index is 1650. The largest absolute Gasteiger partial charge is 0.478 e. The first kappa shape index (κ1) is 39.9. The van der Waals surface area contributed by atoms with E-state index in [-0.39, 0.29) is 36.6 Å². The fourth-order valence-corrected chi connectivity index (χ4v) is 5.14. The average molecular weight is 706 g/mol. The number of amides is 5.